The molecule has 0 unspecified atom stereocenters. The van der Waals surface area contributed by atoms with Crippen LogP contribution in [0.25, 0.3) is 11.1 Å². The topological polar surface area (TPSA) is 54.7 Å². The Morgan fingerprint density at radius 2 is 1.88 bits per heavy atom. The average Bonchev–Trinajstić information content (AvgIpc) is 2.61. The largest absolute Gasteiger partial charge is 0.382 e. The fourth-order valence-electron chi connectivity index (χ4n) is 1.57. The number of rotatable bonds is 2. The number of nitrogens with one attached hydrogen (secondary N) is 1. The first-order valence-corrected chi connectivity index (χ1v) is 4.77. The fourth-order valence-corrected chi connectivity index (χ4v) is 1.57. The number of anilines is 1. The Bertz CT molecular complexity index is 486. The summed E-state index contributed by atoms with van der Waals surface area (Å²) in [5.41, 5.74) is 6.24. The van der Waals surface area contributed by atoms with Crippen molar-refractivity contribution in [2.24, 2.45) is 0 Å². The smallest absolute Gasteiger partial charge is 0.287 e. The predicted molar refractivity (Wildman–Crippen MR) is 58.0 cm³/mol. The van der Waals surface area contributed by atoms with Gasteiger partial charge in [-0.15, -0.1) is 0 Å². The van der Waals surface area contributed by atoms with E-state index >= 15 is 0 Å². The van der Waals surface area contributed by atoms with Crippen LogP contribution >= 0.6 is 0 Å². The van der Waals surface area contributed by atoms with Crippen LogP contribution in [0.1, 0.15) is 12.6 Å². The highest BCUT2D eigenvalue weighted by atomic mass is 19.3. The second kappa shape index (κ2) is 3.59. The summed E-state index contributed by atoms with van der Waals surface area (Å²) in [7, 11) is 0. The molecule has 0 aliphatic carbocycles. The van der Waals surface area contributed by atoms with E-state index in [9.17, 15) is 8.78 Å². The van der Waals surface area contributed by atoms with E-state index in [0.29, 0.717) is 5.56 Å². The van der Waals surface area contributed by atoms with Crippen LogP contribution in [0.2, 0.25) is 0 Å². The Hall–Kier alpha value is -1.91. The van der Waals surface area contributed by atoms with Crippen LogP contribution in [0.3, 0.4) is 0 Å². The average molecular weight is 223 g/mol. The van der Waals surface area contributed by atoms with Crippen LogP contribution in [-0.2, 0) is 5.92 Å². The quantitative estimate of drug-likeness (QED) is 0.822. The summed E-state index contributed by atoms with van der Waals surface area (Å²) < 4.78 is 26.6. The van der Waals surface area contributed by atoms with Gasteiger partial charge in [-0.1, -0.05) is 30.3 Å². The van der Waals surface area contributed by atoms with Crippen molar-refractivity contribution in [2.45, 2.75) is 12.8 Å². The number of alkyl halides is 2. The lowest BCUT2D eigenvalue weighted by Crippen LogP contribution is -2.09. The summed E-state index contributed by atoms with van der Waals surface area (Å²) >= 11 is 0. The molecule has 0 atom stereocenters. The van der Waals surface area contributed by atoms with Gasteiger partial charge >= 0.3 is 0 Å². The zero-order valence-corrected chi connectivity index (χ0v) is 8.67. The molecule has 0 aliphatic rings. The number of halogens is 2. The van der Waals surface area contributed by atoms with Crippen LogP contribution in [0.4, 0.5) is 14.6 Å². The summed E-state index contributed by atoms with van der Waals surface area (Å²) in [4.78, 5) is 0. The van der Waals surface area contributed by atoms with Gasteiger partial charge in [-0.3, -0.25) is 5.10 Å². The third-order valence-corrected chi connectivity index (χ3v) is 2.30. The number of nitrogen functional groups attached to an aromatic ring is 1. The second-order valence-corrected chi connectivity index (χ2v) is 3.61. The van der Waals surface area contributed by atoms with Crippen molar-refractivity contribution in [3.05, 3.63) is 36.0 Å². The number of nitrogens with two attached hydrogens (primary N) is 1. The summed E-state index contributed by atoms with van der Waals surface area (Å²) in [6, 6.07) is 8.77. The zero-order valence-electron chi connectivity index (χ0n) is 8.67. The SMILES string of the molecule is CC(F)(F)c1[nH]nc(N)c1-c1ccccc1. The van der Waals surface area contributed by atoms with Gasteiger partial charge < -0.3 is 5.73 Å². The Morgan fingerprint density at radius 3 is 2.44 bits per heavy atom. The Balaban J connectivity index is 2.61. The summed E-state index contributed by atoms with van der Waals surface area (Å²) in [5.74, 6) is -2.90. The van der Waals surface area contributed by atoms with E-state index in [1.807, 2.05) is 6.07 Å². The van der Waals surface area contributed by atoms with Crippen LogP contribution in [-0.4, -0.2) is 10.2 Å². The number of aromatic amines is 1. The monoisotopic (exact) mass is 223 g/mol. The molecule has 0 spiro atoms. The maximum Gasteiger partial charge on any atom is 0.287 e. The molecule has 3 N–H and O–H groups in total. The maximum atomic E-state index is 13.3. The lowest BCUT2D eigenvalue weighted by molar-refractivity contribution is 0.0133. The molecule has 16 heavy (non-hydrogen) atoms. The number of aromatic nitrogens is 2. The molecule has 1 heterocycles. The Morgan fingerprint density at radius 1 is 1.25 bits per heavy atom. The van der Waals surface area contributed by atoms with Crippen molar-refractivity contribution in [2.75, 3.05) is 5.73 Å². The van der Waals surface area contributed by atoms with Crippen molar-refractivity contribution < 1.29 is 8.78 Å². The van der Waals surface area contributed by atoms with Gasteiger partial charge in [0.25, 0.3) is 5.92 Å². The molecule has 5 heteroatoms. The molecule has 0 radical (unpaired) electrons. The highest BCUT2D eigenvalue weighted by Crippen LogP contribution is 2.36. The van der Waals surface area contributed by atoms with E-state index in [-0.39, 0.29) is 17.1 Å². The summed E-state index contributed by atoms with van der Waals surface area (Å²) in [6.07, 6.45) is 0. The van der Waals surface area contributed by atoms with Gasteiger partial charge in [-0.25, -0.2) is 0 Å². The highest BCUT2D eigenvalue weighted by Gasteiger charge is 2.31. The van der Waals surface area contributed by atoms with E-state index in [4.69, 9.17) is 5.73 Å². The van der Waals surface area contributed by atoms with Crippen molar-refractivity contribution in [1.82, 2.24) is 10.2 Å². The molecule has 2 rings (SSSR count). The minimum Gasteiger partial charge on any atom is -0.382 e. The minimum atomic E-state index is -2.99. The van der Waals surface area contributed by atoms with Gasteiger partial charge in [0.2, 0.25) is 0 Å². The number of hydrogen-bond acceptors (Lipinski definition) is 2. The molecule has 0 saturated carbocycles. The van der Waals surface area contributed by atoms with Crippen molar-refractivity contribution in [3.63, 3.8) is 0 Å². The molecule has 0 fully saturated rings. The first-order chi connectivity index (χ1) is 7.50. The highest BCUT2D eigenvalue weighted by molar-refractivity contribution is 5.76. The van der Waals surface area contributed by atoms with Crippen LogP contribution in [0.5, 0.6) is 0 Å². The van der Waals surface area contributed by atoms with Gasteiger partial charge in [0.15, 0.2) is 5.82 Å². The first-order valence-electron chi connectivity index (χ1n) is 4.77. The van der Waals surface area contributed by atoms with Crippen LogP contribution in [0, 0.1) is 0 Å². The van der Waals surface area contributed by atoms with E-state index in [1.165, 1.54) is 0 Å². The van der Waals surface area contributed by atoms with E-state index in [1.54, 1.807) is 24.3 Å². The van der Waals surface area contributed by atoms with Gasteiger partial charge in [0.1, 0.15) is 5.69 Å². The minimum absolute atomic E-state index is 0.0859. The maximum absolute atomic E-state index is 13.3. The third kappa shape index (κ3) is 1.76. The molecule has 0 bridgehead atoms. The van der Waals surface area contributed by atoms with E-state index in [0.717, 1.165) is 6.92 Å². The molecule has 84 valence electrons. The molecule has 3 nitrogen and oxygen atoms in total. The lowest BCUT2D eigenvalue weighted by Gasteiger charge is -2.10. The fraction of sp³-hybridized carbons (Fsp3) is 0.182. The molecule has 1 aromatic heterocycles. The number of H-pyrrole nitrogens is 1. The third-order valence-electron chi connectivity index (χ3n) is 2.30. The number of benzene rings is 1. The molecular formula is C11H11F2N3. The zero-order chi connectivity index (χ0) is 11.8. The standard InChI is InChI=1S/C11H11F2N3/c1-11(12,13)9-8(10(14)16-15-9)7-5-3-2-4-6-7/h2-6H,1H3,(H3,14,15,16). The van der Waals surface area contributed by atoms with Crippen LogP contribution < -0.4 is 5.73 Å². The summed E-state index contributed by atoms with van der Waals surface area (Å²) in [6.45, 7) is 0.812. The molecule has 1 aromatic carbocycles. The molecule has 0 amide bonds. The van der Waals surface area contributed by atoms with Crippen molar-refractivity contribution >= 4 is 5.82 Å². The van der Waals surface area contributed by atoms with Crippen molar-refractivity contribution in [3.8, 4) is 11.1 Å². The van der Waals surface area contributed by atoms with E-state index < -0.39 is 5.92 Å². The van der Waals surface area contributed by atoms with E-state index in [2.05, 4.69) is 10.2 Å². The van der Waals surface area contributed by atoms with Gasteiger partial charge in [-0.05, 0) is 5.56 Å². The predicted octanol–water partition coefficient (Wildman–Crippen LogP) is 2.77. The first kappa shape index (κ1) is 10.6. The van der Waals surface area contributed by atoms with Crippen LogP contribution in [0.15, 0.2) is 30.3 Å². The normalized spacial score (nSPS) is 11.7. The van der Waals surface area contributed by atoms with Crippen molar-refractivity contribution in [1.29, 1.82) is 0 Å². The molecule has 2 aromatic rings. The van der Waals surface area contributed by atoms with Gasteiger partial charge in [0, 0.05) is 6.92 Å². The lowest BCUT2D eigenvalue weighted by atomic mass is 10.0. The van der Waals surface area contributed by atoms with Gasteiger partial charge in [0.05, 0.1) is 5.56 Å². The Labute approximate surface area is 91.3 Å². The second-order valence-electron chi connectivity index (χ2n) is 3.61. The molecular weight excluding hydrogens is 212 g/mol. The molecule has 0 saturated heterocycles. The molecule has 0 aliphatic heterocycles. The number of hydrogen-bond donors (Lipinski definition) is 2. The summed E-state index contributed by atoms with van der Waals surface area (Å²) in [5, 5.41) is 5.92. The van der Waals surface area contributed by atoms with Gasteiger partial charge in [-0.2, -0.15) is 13.9 Å². The Kier molecular flexibility index (Phi) is 2.38. The number of nitrogens with zero attached hydrogens (tertiary/aromatic N) is 1.